The summed E-state index contributed by atoms with van der Waals surface area (Å²) >= 11 is 0. The van der Waals surface area contributed by atoms with E-state index < -0.39 is 26.7 Å². The molecule has 1 aliphatic rings. The molecular weight excluding hydrogens is 298 g/mol. The topological polar surface area (TPSA) is 114 Å². The van der Waals surface area contributed by atoms with Crippen LogP contribution < -0.4 is 0 Å². The van der Waals surface area contributed by atoms with Crippen LogP contribution in [0.1, 0.15) is 5.56 Å². The first kappa shape index (κ1) is 15.4. The Morgan fingerprint density at radius 1 is 1.52 bits per heavy atom. The second-order valence-corrected chi connectivity index (χ2v) is 6.41. The number of nitro groups is 1. The van der Waals surface area contributed by atoms with Crippen molar-refractivity contribution < 1.29 is 18.1 Å². The minimum absolute atomic E-state index is 0.0615. The molecule has 0 aliphatic carbocycles. The van der Waals surface area contributed by atoms with Crippen LogP contribution in [-0.4, -0.2) is 43.4 Å². The molecule has 0 aromatic heterocycles. The van der Waals surface area contributed by atoms with E-state index >= 15 is 0 Å². The monoisotopic (exact) mass is 311 g/mol. The van der Waals surface area contributed by atoms with Gasteiger partial charge in [-0.05, 0) is 12.5 Å². The molecule has 112 valence electrons. The maximum Gasteiger partial charge on any atom is 0.289 e. The van der Waals surface area contributed by atoms with Gasteiger partial charge in [-0.25, -0.2) is 8.42 Å². The molecule has 1 fully saturated rings. The van der Waals surface area contributed by atoms with E-state index in [2.05, 4.69) is 0 Å². The lowest BCUT2D eigenvalue weighted by molar-refractivity contribution is -0.387. The molecule has 0 spiro atoms. The summed E-state index contributed by atoms with van der Waals surface area (Å²) < 4.78 is 31.5. The lowest BCUT2D eigenvalue weighted by Gasteiger charge is -2.29. The van der Waals surface area contributed by atoms with E-state index in [1.54, 1.807) is 0 Å². The molecule has 1 aromatic carbocycles. The van der Waals surface area contributed by atoms with Crippen LogP contribution in [0.5, 0.6) is 0 Å². The highest BCUT2D eigenvalue weighted by molar-refractivity contribution is 7.89. The maximum atomic E-state index is 12.7. The number of hydrogen-bond donors (Lipinski definition) is 0. The Labute approximate surface area is 121 Å². The van der Waals surface area contributed by atoms with Crippen LogP contribution in [0.4, 0.5) is 5.69 Å². The van der Waals surface area contributed by atoms with Crippen LogP contribution in [0, 0.1) is 28.4 Å². The van der Waals surface area contributed by atoms with Gasteiger partial charge in [-0.1, -0.05) is 12.1 Å². The number of nitro benzene ring substituents is 1. The fraction of sp³-hybridized carbons (Fsp3) is 0.417. The van der Waals surface area contributed by atoms with Gasteiger partial charge in [0.1, 0.15) is 0 Å². The molecule has 8 nitrogen and oxygen atoms in total. The Balaban J connectivity index is 2.50. The smallest absolute Gasteiger partial charge is 0.289 e. The Hall–Kier alpha value is -2.02. The van der Waals surface area contributed by atoms with Gasteiger partial charge < -0.3 is 4.74 Å². The third-order valence-electron chi connectivity index (χ3n) is 3.16. The van der Waals surface area contributed by atoms with E-state index in [0.29, 0.717) is 5.56 Å². The first-order valence-corrected chi connectivity index (χ1v) is 7.57. The molecule has 1 saturated heterocycles. The van der Waals surface area contributed by atoms with Crippen LogP contribution in [0.3, 0.4) is 0 Å². The first-order chi connectivity index (χ1) is 9.87. The van der Waals surface area contributed by atoms with E-state index in [-0.39, 0.29) is 24.6 Å². The molecule has 1 unspecified atom stereocenters. The standard InChI is InChI=1S/C12H13N3O5S/c1-9-3-2-4-11(15(16)17)12(9)21(18,19)14-5-6-20-10(7-13)8-14/h2-4,10H,5-6,8H2,1H3. The van der Waals surface area contributed by atoms with E-state index in [1.165, 1.54) is 19.1 Å². The van der Waals surface area contributed by atoms with Crippen molar-refractivity contribution in [2.24, 2.45) is 0 Å². The predicted molar refractivity (Wildman–Crippen MR) is 71.9 cm³/mol. The highest BCUT2D eigenvalue weighted by Gasteiger charge is 2.36. The minimum Gasteiger partial charge on any atom is -0.361 e. The lowest BCUT2D eigenvalue weighted by atomic mass is 10.2. The number of ether oxygens (including phenoxy) is 1. The normalized spacial score (nSPS) is 19.9. The van der Waals surface area contributed by atoms with Gasteiger partial charge in [0, 0.05) is 12.6 Å². The summed E-state index contributed by atoms with van der Waals surface area (Å²) in [6.07, 6.45) is -0.864. The summed E-state index contributed by atoms with van der Waals surface area (Å²) in [7, 11) is -4.05. The number of nitriles is 1. The third kappa shape index (κ3) is 2.87. The van der Waals surface area contributed by atoms with Crippen LogP contribution in [0.25, 0.3) is 0 Å². The zero-order valence-electron chi connectivity index (χ0n) is 11.2. The fourth-order valence-electron chi connectivity index (χ4n) is 2.17. The van der Waals surface area contributed by atoms with E-state index in [4.69, 9.17) is 10.00 Å². The molecule has 1 aromatic rings. The van der Waals surface area contributed by atoms with Crippen LogP contribution in [-0.2, 0) is 14.8 Å². The van der Waals surface area contributed by atoms with Crippen LogP contribution in [0.2, 0.25) is 0 Å². The minimum atomic E-state index is -4.05. The number of morpholine rings is 1. The molecule has 0 amide bonds. The van der Waals surface area contributed by atoms with E-state index in [0.717, 1.165) is 10.4 Å². The van der Waals surface area contributed by atoms with Crippen LogP contribution >= 0.6 is 0 Å². The number of hydrogen-bond acceptors (Lipinski definition) is 6. The summed E-state index contributed by atoms with van der Waals surface area (Å²) in [4.78, 5) is 10.0. The van der Waals surface area contributed by atoms with Crippen molar-refractivity contribution in [2.75, 3.05) is 19.7 Å². The van der Waals surface area contributed by atoms with Gasteiger partial charge >= 0.3 is 0 Å². The van der Waals surface area contributed by atoms with Gasteiger partial charge in [-0.3, -0.25) is 10.1 Å². The summed E-state index contributed by atoms with van der Waals surface area (Å²) in [5.41, 5.74) is -0.167. The molecular formula is C12H13N3O5S. The number of aryl methyl sites for hydroxylation is 1. The van der Waals surface area contributed by atoms with Crippen molar-refractivity contribution in [3.05, 3.63) is 33.9 Å². The molecule has 1 heterocycles. The van der Waals surface area contributed by atoms with Gasteiger partial charge in [0.15, 0.2) is 11.0 Å². The Morgan fingerprint density at radius 2 is 2.24 bits per heavy atom. The molecule has 1 aliphatic heterocycles. The number of rotatable bonds is 3. The average molecular weight is 311 g/mol. The number of sulfonamides is 1. The van der Waals surface area contributed by atoms with Crippen molar-refractivity contribution in [3.8, 4) is 6.07 Å². The van der Waals surface area contributed by atoms with Crippen molar-refractivity contribution in [2.45, 2.75) is 17.9 Å². The van der Waals surface area contributed by atoms with E-state index in [9.17, 15) is 18.5 Å². The summed E-state index contributed by atoms with van der Waals surface area (Å²) in [6.45, 7) is 1.51. The zero-order chi connectivity index (χ0) is 15.6. The predicted octanol–water partition coefficient (Wildman–Crippen LogP) is 0.816. The largest absolute Gasteiger partial charge is 0.361 e. The summed E-state index contributed by atoms with van der Waals surface area (Å²) in [5, 5.41) is 19.9. The Kier molecular flexibility index (Phi) is 4.22. The molecule has 21 heavy (non-hydrogen) atoms. The SMILES string of the molecule is Cc1cccc([N+](=O)[O-])c1S(=O)(=O)N1CCOC(C#N)C1. The van der Waals surface area contributed by atoms with Crippen molar-refractivity contribution >= 4 is 15.7 Å². The third-order valence-corrected chi connectivity index (χ3v) is 5.22. The molecule has 2 rings (SSSR count). The molecule has 0 N–H and O–H groups in total. The highest BCUT2D eigenvalue weighted by Crippen LogP contribution is 2.30. The molecule has 0 saturated carbocycles. The number of nitrogens with zero attached hydrogens (tertiary/aromatic N) is 3. The molecule has 1 atom stereocenters. The Morgan fingerprint density at radius 3 is 2.86 bits per heavy atom. The Bertz CT molecular complexity index is 710. The summed E-state index contributed by atoms with van der Waals surface area (Å²) in [5.74, 6) is 0. The first-order valence-electron chi connectivity index (χ1n) is 6.13. The second-order valence-electron chi connectivity index (χ2n) is 4.53. The summed E-state index contributed by atoms with van der Waals surface area (Å²) in [6, 6.07) is 5.94. The highest BCUT2D eigenvalue weighted by atomic mass is 32.2. The number of benzene rings is 1. The maximum absolute atomic E-state index is 12.7. The van der Waals surface area contributed by atoms with E-state index in [1.807, 2.05) is 6.07 Å². The van der Waals surface area contributed by atoms with Gasteiger partial charge in [0.2, 0.25) is 10.0 Å². The quantitative estimate of drug-likeness (QED) is 0.603. The zero-order valence-corrected chi connectivity index (χ0v) is 12.0. The van der Waals surface area contributed by atoms with Crippen LogP contribution in [0.15, 0.2) is 23.1 Å². The van der Waals surface area contributed by atoms with Crippen molar-refractivity contribution in [1.82, 2.24) is 4.31 Å². The van der Waals surface area contributed by atoms with Gasteiger partial charge in [-0.15, -0.1) is 0 Å². The second kappa shape index (κ2) is 5.77. The van der Waals surface area contributed by atoms with Crippen molar-refractivity contribution in [3.63, 3.8) is 0 Å². The van der Waals surface area contributed by atoms with Gasteiger partial charge in [-0.2, -0.15) is 9.57 Å². The molecule has 9 heteroatoms. The molecule has 0 bridgehead atoms. The molecule has 0 radical (unpaired) electrons. The van der Waals surface area contributed by atoms with Gasteiger partial charge in [0.05, 0.1) is 24.1 Å². The van der Waals surface area contributed by atoms with Gasteiger partial charge in [0.25, 0.3) is 5.69 Å². The lowest BCUT2D eigenvalue weighted by Crippen LogP contribution is -2.45. The fourth-order valence-corrected chi connectivity index (χ4v) is 3.95. The van der Waals surface area contributed by atoms with Crippen molar-refractivity contribution in [1.29, 1.82) is 5.26 Å². The average Bonchev–Trinajstić information content (AvgIpc) is 2.46.